The van der Waals surface area contributed by atoms with Crippen LogP contribution in [0.4, 0.5) is 4.79 Å². The third-order valence-corrected chi connectivity index (χ3v) is 6.92. The highest BCUT2D eigenvalue weighted by Gasteiger charge is 2.19. The molecule has 0 aliphatic rings. The number of nitrogens with one attached hydrogen (secondary N) is 3. The van der Waals surface area contributed by atoms with Crippen molar-refractivity contribution < 1.29 is 41.7 Å². The lowest BCUT2D eigenvalue weighted by atomic mass is 10.1. The number of benzene rings is 2. The van der Waals surface area contributed by atoms with E-state index in [1.165, 1.54) is 45.6 Å². The Hall–Kier alpha value is -4.69. The number of nitrogens with zero attached hydrogens (tertiary/aromatic N) is 1. The standard InChI is InChI=1S/C27H30N4O9S/c1-37-15-14-29-27(34)40-24-11-7-20(17-30-24)26(33)31-41(35,36)21-8-4-18(5-9-21)12-13-28-25(32)19-6-10-22(38-2)23(16-19)39-3/h4-11,16-17H,12-15H2,1-3H3,(H,28,32)(H,29,34)(H,31,33). The van der Waals surface area contributed by atoms with Crippen molar-refractivity contribution in [1.82, 2.24) is 20.3 Å². The fourth-order valence-electron chi connectivity index (χ4n) is 3.44. The van der Waals surface area contributed by atoms with E-state index in [1.807, 2.05) is 4.72 Å². The zero-order chi connectivity index (χ0) is 29.8. The quantitative estimate of drug-likeness (QED) is 0.251. The molecule has 0 aliphatic heterocycles. The molecule has 0 saturated carbocycles. The third-order valence-electron chi connectivity index (χ3n) is 5.58. The summed E-state index contributed by atoms with van der Waals surface area (Å²) >= 11 is 0. The summed E-state index contributed by atoms with van der Waals surface area (Å²) in [7, 11) is 0.298. The lowest BCUT2D eigenvalue weighted by molar-refractivity contribution is 0.0951. The Labute approximate surface area is 237 Å². The summed E-state index contributed by atoms with van der Waals surface area (Å²) in [6.45, 7) is 0.849. The Morgan fingerprint density at radius 2 is 1.51 bits per heavy atom. The molecule has 0 atom stereocenters. The van der Waals surface area contributed by atoms with Crippen LogP contribution in [0.5, 0.6) is 17.4 Å². The van der Waals surface area contributed by atoms with Crippen LogP contribution in [0.3, 0.4) is 0 Å². The molecule has 1 heterocycles. The highest BCUT2D eigenvalue weighted by Crippen LogP contribution is 2.27. The van der Waals surface area contributed by atoms with E-state index >= 15 is 0 Å². The molecule has 41 heavy (non-hydrogen) atoms. The number of sulfonamides is 1. The molecule has 3 N–H and O–H groups in total. The Morgan fingerprint density at radius 1 is 0.805 bits per heavy atom. The van der Waals surface area contributed by atoms with Crippen molar-refractivity contribution in [3.05, 3.63) is 77.5 Å². The van der Waals surface area contributed by atoms with Crippen molar-refractivity contribution >= 4 is 27.9 Å². The van der Waals surface area contributed by atoms with Gasteiger partial charge in [-0.25, -0.2) is 22.9 Å². The smallest absolute Gasteiger partial charge is 0.414 e. The minimum Gasteiger partial charge on any atom is -0.493 e. The van der Waals surface area contributed by atoms with Gasteiger partial charge in [-0.15, -0.1) is 0 Å². The number of pyridine rings is 1. The van der Waals surface area contributed by atoms with Gasteiger partial charge in [0, 0.05) is 38.0 Å². The monoisotopic (exact) mass is 586 g/mol. The van der Waals surface area contributed by atoms with Gasteiger partial charge in [0.15, 0.2) is 11.5 Å². The number of carbonyl (C=O) groups is 3. The first-order chi connectivity index (χ1) is 19.7. The van der Waals surface area contributed by atoms with Gasteiger partial charge >= 0.3 is 6.09 Å². The molecule has 3 aromatic rings. The number of hydrogen-bond acceptors (Lipinski definition) is 10. The lowest BCUT2D eigenvalue weighted by Crippen LogP contribution is -2.31. The van der Waals surface area contributed by atoms with Crippen LogP contribution < -0.4 is 29.6 Å². The van der Waals surface area contributed by atoms with Gasteiger partial charge < -0.3 is 29.6 Å². The molecule has 0 saturated heterocycles. The summed E-state index contributed by atoms with van der Waals surface area (Å²) < 4.78 is 47.5. The average molecular weight is 587 g/mol. The van der Waals surface area contributed by atoms with Crippen molar-refractivity contribution in [3.63, 3.8) is 0 Å². The van der Waals surface area contributed by atoms with E-state index in [0.717, 1.165) is 11.8 Å². The average Bonchev–Trinajstić information content (AvgIpc) is 2.97. The van der Waals surface area contributed by atoms with Crippen LogP contribution in [-0.4, -0.2) is 72.3 Å². The van der Waals surface area contributed by atoms with Gasteiger partial charge in [-0.3, -0.25) is 9.59 Å². The molecule has 14 heteroatoms. The number of rotatable bonds is 13. The fourth-order valence-corrected chi connectivity index (χ4v) is 4.41. The van der Waals surface area contributed by atoms with Gasteiger partial charge in [0.2, 0.25) is 5.88 Å². The van der Waals surface area contributed by atoms with Gasteiger partial charge in [0.05, 0.1) is 31.3 Å². The summed E-state index contributed by atoms with van der Waals surface area (Å²) in [6, 6.07) is 13.3. The van der Waals surface area contributed by atoms with E-state index in [2.05, 4.69) is 15.6 Å². The molecule has 3 amide bonds. The molecule has 0 bridgehead atoms. The van der Waals surface area contributed by atoms with Crippen molar-refractivity contribution in [2.75, 3.05) is 41.0 Å². The Kier molecular flexibility index (Phi) is 11.0. The molecule has 0 spiro atoms. The Morgan fingerprint density at radius 3 is 2.15 bits per heavy atom. The first-order valence-corrected chi connectivity index (χ1v) is 13.7. The summed E-state index contributed by atoms with van der Waals surface area (Å²) in [6.07, 6.45) is 0.774. The van der Waals surface area contributed by atoms with Gasteiger partial charge in [0.1, 0.15) is 0 Å². The van der Waals surface area contributed by atoms with Crippen molar-refractivity contribution in [3.8, 4) is 17.4 Å². The zero-order valence-electron chi connectivity index (χ0n) is 22.6. The van der Waals surface area contributed by atoms with Crippen molar-refractivity contribution in [2.45, 2.75) is 11.3 Å². The van der Waals surface area contributed by atoms with Gasteiger partial charge in [-0.05, 0) is 48.4 Å². The fraction of sp³-hybridized carbons (Fsp3) is 0.259. The van der Waals surface area contributed by atoms with E-state index in [0.29, 0.717) is 36.6 Å². The maximum Gasteiger partial charge on any atom is 0.414 e. The number of amides is 3. The molecule has 3 rings (SSSR count). The van der Waals surface area contributed by atoms with Crippen LogP contribution in [0.15, 0.2) is 65.7 Å². The van der Waals surface area contributed by atoms with Crippen LogP contribution in [0.2, 0.25) is 0 Å². The van der Waals surface area contributed by atoms with Crippen LogP contribution >= 0.6 is 0 Å². The molecule has 2 aromatic carbocycles. The molecule has 1 aromatic heterocycles. The maximum atomic E-state index is 12.7. The van der Waals surface area contributed by atoms with Crippen LogP contribution in [0.1, 0.15) is 26.3 Å². The second-order valence-corrected chi connectivity index (χ2v) is 10.0. The normalized spacial score (nSPS) is 10.8. The van der Waals surface area contributed by atoms with E-state index in [4.69, 9.17) is 18.9 Å². The molecule has 218 valence electrons. The van der Waals surface area contributed by atoms with E-state index in [-0.39, 0.29) is 28.8 Å². The Balaban J connectivity index is 1.51. The van der Waals surface area contributed by atoms with Crippen molar-refractivity contribution in [2.24, 2.45) is 0 Å². The van der Waals surface area contributed by atoms with Gasteiger partial charge in [-0.1, -0.05) is 12.1 Å². The predicted octanol–water partition coefficient (Wildman–Crippen LogP) is 1.92. The number of methoxy groups -OCH3 is 3. The number of ether oxygens (including phenoxy) is 4. The lowest BCUT2D eigenvalue weighted by Gasteiger charge is -2.10. The molecule has 0 aliphatic carbocycles. The first-order valence-electron chi connectivity index (χ1n) is 12.2. The van der Waals surface area contributed by atoms with Crippen molar-refractivity contribution in [1.29, 1.82) is 0 Å². The molecular weight excluding hydrogens is 556 g/mol. The summed E-state index contributed by atoms with van der Waals surface area (Å²) in [5.74, 6) is -0.336. The number of hydrogen-bond donors (Lipinski definition) is 3. The minimum absolute atomic E-state index is 0.0532. The zero-order valence-corrected chi connectivity index (χ0v) is 23.4. The first kappa shape index (κ1) is 30.8. The highest BCUT2D eigenvalue weighted by atomic mass is 32.2. The molecule has 0 unspecified atom stereocenters. The second kappa shape index (κ2) is 14.6. The molecular formula is C27H30N4O9S. The second-order valence-electron chi connectivity index (χ2n) is 8.35. The SMILES string of the molecule is COCCNC(=O)Oc1ccc(C(=O)NS(=O)(=O)c2ccc(CCNC(=O)c3ccc(OC)c(OC)c3)cc2)cn1. The van der Waals surface area contributed by atoms with Gasteiger partial charge in [0.25, 0.3) is 21.8 Å². The van der Waals surface area contributed by atoms with E-state index in [1.54, 1.807) is 30.3 Å². The molecule has 0 radical (unpaired) electrons. The van der Waals surface area contributed by atoms with E-state index < -0.39 is 22.0 Å². The molecule has 0 fully saturated rings. The van der Waals surface area contributed by atoms with E-state index in [9.17, 15) is 22.8 Å². The highest BCUT2D eigenvalue weighted by molar-refractivity contribution is 7.90. The van der Waals surface area contributed by atoms with Crippen LogP contribution in [0.25, 0.3) is 0 Å². The van der Waals surface area contributed by atoms with Crippen LogP contribution in [-0.2, 0) is 21.2 Å². The van der Waals surface area contributed by atoms with Crippen LogP contribution in [0, 0.1) is 0 Å². The largest absolute Gasteiger partial charge is 0.493 e. The summed E-state index contributed by atoms with van der Waals surface area (Å²) in [5.41, 5.74) is 1.12. The third kappa shape index (κ3) is 8.91. The maximum absolute atomic E-state index is 12.7. The predicted molar refractivity (Wildman–Crippen MR) is 147 cm³/mol. The van der Waals surface area contributed by atoms with Gasteiger partial charge in [-0.2, -0.15) is 0 Å². The molecule has 13 nitrogen and oxygen atoms in total. The Bertz CT molecular complexity index is 1460. The number of aromatic nitrogens is 1. The summed E-state index contributed by atoms with van der Waals surface area (Å²) in [5, 5.41) is 5.24. The topological polar surface area (TPSA) is 171 Å². The summed E-state index contributed by atoms with van der Waals surface area (Å²) in [4.78, 5) is 40.3. The number of carbonyl (C=O) groups excluding carboxylic acids is 3. The minimum atomic E-state index is -4.18.